The van der Waals surface area contributed by atoms with E-state index in [-0.39, 0.29) is 0 Å². The van der Waals surface area contributed by atoms with Crippen LogP contribution in [-0.2, 0) is 5.60 Å². The van der Waals surface area contributed by atoms with Crippen LogP contribution in [0, 0.1) is 23.7 Å². The third-order valence-electron chi connectivity index (χ3n) is 5.65. The van der Waals surface area contributed by atoms with Crippen molar-refractivity contribution in [1.29, 1.82) is 0 Å². The molecule has 18 heavy (non-hydrogen) atoms. The molecule has 0 aliphatic heterocycles. The summed E-state index contributed by atoms with van der Waals surface area (Å²) in [6.07, 6.45) is 7.81. The summed E-state index contributed by atoms with van der Waals surface area (Å²) >= 11 is 0. The molecule has 1 aromatic heterocycles. The second-order valence-electron chi connectivity index (χ2n) is 6.57. The van der Waals surface area contributed by atoms with Gasteiger partial charge in [0.25, 0.3) is 0 Å². The van der Waals surface area contributed by atoms with Crippen LogP contribution in [0.15, 0.2) is 18.3 Å². The Labute approximate surface area is 107 Å². The Bertz CT molecular complexity index is 457. The van der Waals surface area contributed by atoms with Gasteiger partial charge in [0, 0.05) is 11.8 Å². The maximum Gasteiger partial charge on any atom is 0.129 e. The van der Waals surface area contributed by atoms with Gasteiger partial charge in [0.2, 0.25) is 0 Å². The van der Waals surface area contributed by atoms with Crippen molar-refractivity contribution >= 4 is 5.82 Å². The SMILES string of the molecule is Nc1ncccc1C1(O)C2CC3CC(C2)CC1C3. The summed E-state index contributed by atoms with van der Waals surface area (Å²) in [6.45, 7) is 0. The first-order valence-electron chi connectivity index (χ1n) is 7.11. The molecule has 3 nitrogen and oxygen atoms in total. The van der Waals surface area contributed by atoms with Gasteiger partial charge in [-0.25, -0.2) is 4.98 Å². The molecule has 3 N–H and O–H groups in total. The lowest BCUT2D eigenvalue weighted by Crippen LogP contribution is -2.55. The van der Waals surface area contributed by atoms with Gasteiger partial charge >= 0.3 is 0 Å². The van der Waals surface area contributed by atoms with Crippen LogP contribution >= 0.6 is 0 Å². The normalized spacial score (nSPS) is 45.4. The molecule has 0 radical (unpaired) electrons. The summed E-state index contributed by atoms with van der Waals surface area (Å²) in [5.74, 6) is 3.03. The van der Waals surface area contributed by atoms with E-state index in [1.165, 1.54) is 32.1 Å². The van der Waals surface area contributed by atoms with E-state index in [4.69, 9.17) is 5.73 Å². The number of nitrogens with two attached hydrogens (primary N) is 1. The highest BCUT2D eigenvalue weighted by molar-refractivity contribution is 5.44. The molecule has 4 fully saturated rings. The Morgan fingerprint density at radius 3 is 2.28 bits per heavy atom. The fourth-order valence-electron chi connectivity index (χ4n) is 5.10. The van der Waals surface area contributed by atoms with Crippen LogP contribution in [0.3, 0.4) is 0 Å². The van der Waals surface area contributed by atoms with E-state index in [1.54, 1.807) is 6.20 Å². The van der Waals surface area contributed by atoms with Gasteiger partial charge in [-0.15, -0.1) is 0 Å². The average molecular weight is 244 g/mol. The average Bonchev–Trinajstić information content (AvgIpc) is 2.35. The summed E-state index contributed by atoms with van der Waals surface area (Å²) in [5.41, 5.74) is 6.20. The van der Waals surface area contributed by atoms with E-state index in [0.717, 1.165) is 17.4 Å². The van der Waals surface area contributed by atoms with Gasteiger partial charge in [0.05, 0.1) is 5.60 Å². The Hall–Kier alpha value is -1.09. The van der Waals surface area contributed by atoms with Crippen LogP contribution < -0.4 is 5.73 Å². The third kappa shape index (κ3) is 1.26. The maximum atomic E-state index is 11.3. The number of hydrogen-bond donors (Lipinski definition) is 2. The minimum Gasteiger partial charge on any atom is -0.384 e. The van der Waals surface area contributed by atoms with Crippen molar-refractivity contribution in [2.24, 2.45) is 23.7 Å². The summed E-state index contributed by atoms with van der Waals surface area (Å²) in [7, 11) is 0. The number of nitrogen functional groups attached to an aromatic ring is 1. The molecular weight excluding hydrogens is 224 g/mol. The Kier molecular flexibility index (Phi) is 2.08. The first kappa shape index (κ1) is 10.8. The molecule has 5 rings (SSSR count). The number of anilines is 1. The minimum absolute atomic E-state index is 0.403. The van der Waals surface area contributed by atoms with Crippen molar-refractivity contribution in [2.45, 2.75) is 37.7 Å². The number of hydrogen-bond acceptors (Lipinski definition) is 3. The number of rotatable bonds is 1. The van der Waals surface area contributed by atoms with E-state index >= 15 is 0 Å². The lowest BCUT2D eigenvalue weighted by Gasteiger charge is -2.59. The van der Waals surface area contributed by atoms with Crippen LogP contribution in [0.2, 0.25) is 0 Å². The first-order chi connectivity index (χ1) is 8.68. The van der Waals surface area contributed by atoms with Crippen LogP contribution in [0.25, 0.3) is 0 Å². The van der Waals surface area contributed by atoms with Crippen LogP contribution in [0.5, 0.6) is 0 Å². The molecule has 0 atom stereocenters. The van der Waals surface area contributed by atoms with Crippen molar-refractivity contribution in [2.75, 3.05) is 5.73 Å². The highest BCUT2D eigenvalue weighted by atomic mass is 16.3. The molecule has 0 saturated heterocycles. The van der Waals surface area contributed by atoms with E-state index < -0.39 is 5.60 Å². The Morgan fingerprint density at radius 2 is 1.72 bits per heavy atom. The molecule has 0 amide bonds. The van der Waals surface area contributed by atoms with Crippen molar-refractivity contribution in [3.63, 3.8) is 0 Å². The topological polar surface area (TPSA) is 59.1 Å². The second-order valence-corrected chi connectivity index (χ2v) is 6.57. The van der Waals surface area contributed by atoms with Gasteiger partial charge in [-0.2, -0.15) is 0 Å². The first-order valence-corrected chi connectivity index (χ1v) is 7.11. The number of aromatic nitrogens is 1. The van der Waals surface area contributed by atoms with E-state index in [0.29, 0.717) is 17.7 Å². The quantitative estimate of drug-likeness (QED) is 0.797. The fraction of sp³-hybridized carbons (Fsp3) is 0.667. The zero-order chi connectivity index (χ0) is 12.3. The molecule has 1 aromatic rings. The molecule has 96 valence electrons. The molecule has 0 spiro atoms. The highest BCUT2D eigenvalue weighted by Gasteiger charge is 2.57. The van der Waals surface area contributed by atoms with Gasteiger partial charge in [-0.3, -0.25) is 0 Å². The van der Waals surface area contributed by atoms with Crippen molar-refractivity contribution < 1.29 is 5.11 Å². The standard InChI is InChI=1S/C15H20N2O/c16-14-13(2-1-3-17-14)15(18)11-5-9-4-10(7-11)8-12(15)6-9/h1-3,9-12,18H,4-8H2,(H2,16,17). The molecule has 0 aromatic carbocycles. The molecule has 4 aliphatic rings. The summed E-state index contributed by atoms with van der Waals surface area (Å²) < 4.78 is 0. The van der Waals surface area contributed by atoms with Crippen LogP contribution in [0.1, 0.15) is 37.7 Å². The predicted molar refractivity (Wildman–Crippen MR) is 69.6 cm³/mol. The summed E-state index contributed by atoms with van der Waals surface area (Å²) in [4.78, 5) is 4.17. The molecule has 3 heteroatoms. The molecule has 4 aliphatic carbocycles. The highest BCUT2D eigenvalue weighted by Crippen LogP contribution is 2.62. The monoisotopic (exact) mass is 244 g/mol. The number of nitrogens with zero attached hydrogens (tertiary/aromatic N) is 1. The van der Waals surface area contributed by atoms with Gasteiger partial charge < -0.3 is 10.8 Å². The largest absolute Gasteiger partial charge is 0.384 e. The van der Waals surface area contributed by atoms with Gasteiger partial charge in [-0.05, 0) is 61.8 Å². The lowest BCUT2D eigenvalue weighted by molar-refractivity contribution is -0.179. The van der Waals surface area contributed by atoms with E-state index in [1.807, 2.05) is 12.1 Å². The number of pyridine rings is 1. The fourth-order valence-corrected chi connectivity index (χ4v) is 5.10. The molecule has 4 saturated carbocycles. The zero-order valence-corrected chi connectivity index (χ0v) is 10.5. The van der Waals surface area contributed by atoms with Gasteiger partial charge in [-0.1, -0.05) is 6.07 Å². The smallest absolute Gasteiger partial charge is 0.129 e. The third-order valence-corrected chi connectivity index (χ3v) is 5.65. The van der Waals surface area contributed by atoms with Gasteiger partial charge in [0.1, 0.15) is 5.82 Å². The molecule has 1 heterocycles. The molecule has 0 unspecified atom stereocenters. The van der Waals surface area contributed by atoms with E-state index in [2.05, 4.69) is 4.98 Å². The lowest BCUT2D eigenvalue weighted by atomic mass is 9.48. The maximum absolute atomic E-state index is 11.3. The Morgan fingerprint density at radius 1 is 1.11 bits per heavy atom. The van der Waals surface area contributed by atoms with Gasteiger partial charge in [0.15, 0.2) is 0 Å². The summed E-state index contributed by atoms with van der Waals surface area (Å²) in [6, 6.07) is 3.87. The van der Waals surface area contributed by atoms with Crippen LogP contribution in [0.4, 0.5) is 5.82 Å². The van der Waals surface area contributed by atoms with Crippen LogP contribution in [-0.4, -0.2) is 10.1 Å². The van der Waals surface area contributed by atoms with E-state index in [9.17, 15) is 5.11 Å². The second kappa shape index (κ2) is 3.47. The van der Waals surface area contributed by atoms with Crippen molar-refractivity contribution in [3.05, 3.63) is 23.9 Å². The van der Waals surface area contributed by atoms with Crippen molar-refractivity contribution in [3.8, 4) is 0 Å². The molecule has 4 bridgehead atoms. The zero-order valence-electron chi connectivity index (χ0n) is 10.5. The van der Waals surface area contributed by atoms with Crippen molar-refractivity contribution in [1.82, 2.24) is 4.98 Å². The number of aliphatic hydroxyl groups is 1. The molecular formula is C15H20N2O. The Balaban J connectivity index is 1.81. The summed E-state index contributed by atoms with van der Waals surface area (Å²) in [5, 5.41) is 11.3. The predicted octanol–water partition coefficient (Wildman–Crippen LogP) is 2.31. The minimum atomic E-state index is -0.703.